The lowest BCUT2D eigenvalue weighted by Gasteiger charge is -2.36. The van der Waals surface area contributed by atoms with Crippen molar-refractivity contribution in [2.45, 2.75) is 12.5 Å². The predicted molar refractivity (Wildman–Crippen MR) is 118 cm³/mol. The van der Waals surface area contributed by atoms with Crippen LogP contribution >= 0.6 is 11.3 Å². The first-order chi connectivity index (χ1) is 14.3. The lowest BCUT2D eigenvalue weighted by molar-refractivity contribution is 0.0698. The monoisotopic (exact) mass is 399 g/mol. The predicted octanol–water partition coefficient (Wildman–Crippen LogP) is 5.70. The van der Waals surface area contributed by atoms with E-state index in [1.165, 1.54) is 10.4 Å². The van der Waals surface area contributed by atoms with Crippen LogP contribution in [0.1, 0.15) is 32.4 Å². The molecule has 1 atom stereocenters. The van der Waals surface area contributed by atoms with Gasteiger partial charge in [-0.15, -0.1) is 11.3 Å². The zero-order valence-electron chi connectivity index (χ0n) is 16.2. The van der Waals surface area contributed by atoms with Crippen LogP contribution in [0.25, 0.3) is 10.8 Å². The zero-order valence-corrected chi connectivity index (χ0v) is 17.0. The average molecular weight is 400 g/mol. The number of amides is 1. The van der Waals surface area contributed by atoms with Crippen LogP contribution in [-0.2, 0) is 6.42 Å². The fraction of sp³-hybridized carbons (Fsp3) is 0.160. The van der Waals surface area contributed by atoms with E-state index in [0.29, 0.717) is 6.54 Å². The first-order valence-electron chi connectivity index (χ1n) is 9.75. The van der Waals surface area contributed by atoms with Gasteiger partial charge in [0.2, 0.25) is 0 Å². The minimum atomic E-state index is -0.0811. The highest BCUT2D eigenvalue weighted by Crippen LogP contribution is 2.39. The Morgan fingerprint density at radius 2 is 1.79 bits per heavy atom. The third-order valence-corrected chi connectivity index (χ3v) is 6.67. The second-order valence-electron chi connectivity index (χ2n) is 7.25. The van der Waals surface area contributed by atoms with Crippen molar-refractivity contribution in [2.75, 3.05) is 13.7 Å². The highest BCUT2D eigenvalue weighted by molar-refractivity contribution is 7.10. The van der Waals surface area contributed by atoms with E-state index in [9.17, 15) is 4.79 Å². The van der Waals surface area contributed by atoms with Crippen molar-refractivity contribution < 1.29 is 9.53 Å². The zero-order chi connectivity index (χ0) is 19.8. The van der Waals surface area contributed by atoms with Gasteiger partial charge in [0.25, 0.3) is 5.91 Å². The Morgan fingerprint density at radius 1 is 1.00 bits per heavy atom. The maximum absolute atomic E-state index is 13.8. The van der Waals surface area contributed by atoms with E-state index in [4.69, 9.17) is 4.74 Å². The van der Waals surface area contributed by atoms with Crippen molar-refractivity contribution in [2.24, 2.45) is 0 Å². The van der Waals surface area contributed by atoms with E-state index in [0.717, 1.165) is 34.1 Å². The van der Waals surface area contributed by atoms with Gasteiger partial charge in [0.1, 0.15) is 5.75 Å². The lowest BCUT2D eigenvalue weighted by atomic mass is 9.92. The number of carbonyl (C=O) groups excluding carboxylic acids is 1. The molecule has 1 aromatic heterocycles. The Morgan fingerprint density at radius 3 is 2.62 bits per heavy atom. The summed E-state index contributed by atoms with van der Waals surface area (Å²) in [6, 6.07) is 24.2. The minimum Gasteiger partial charge on any atom is -0.497 e. The number of carbonyl (C=O) groups is 1. The molecule has 1 aliphatic rings. The van der Waals surface area contributed by atoms with Crippen LogP contribution in [0.15, 0.2) is 78.2 Å². The van der Waals surface area contributed by atoms with Crippen molar-refractivity contribution in [3.63, 3.8) is 0 Å². The molecule has 0 radical (unpaired) electrons. The van der Waals surface area contributed by atoms with Crippen molar-refractivity contribution in [1.29, 1.82) is 0 Å². The summed E-state index contributed by atoms with van der Waals surface area (Å²) in [6.07, 6.45) is 0.899. The Hall–Kier alpha value is -3.11. The summed E-state index contributed by atoms with van der Waals surface area (Å²) in [5, 5.41) is 4.23. The molecule has 2 heterocycles. The molecule has 0 spiro atoms. The highest BCUT2D eigenvalue weighted by Gasteiger charge is 2.33. The normalized spacial score (nSPS) is 15.9. The maximum atomic E-state index is 13.8. The Kier molecular flexibility index (Phi) is 4.57. The smallest absolute Gasteiger partial charge is 0.255 e. The molecule has 0 aliphatic carbocycles. The molecular formula is C25H21NO2S. The molecule has 1 unspecified atom stereocenters. The van der Waals surface area contributed by atoms with Crippen LogP contribution in [0, 0.1) is 0 Å². The van der Waals surface area contributed by atoms with E-state index in [1.54, 1.807) is 18.4 Å². The van der Waals surface area contributed by atoms with Crippen LogP contribution in [0.5, 0.6) is 5.75 Å². The van der Waals surface area contributed by atoms with Gasteiger partial charge in [-0.25, -0.2) is 0 Å². The van der Waals surface area contributed by atoms with Crippen molar-refractivity contribution >= 4 is 28.0 Å². The topological polar surface area (TPSA) is 29.5 Å². The van der Waals surface area contributed by atoms with Gasteiger partial charge in [-0.3, -0.25) is 4.79 Å². The molecule has 29 heavy (non-hydrogen) atoms. The molecule has 0 saturated heterocycles. The average Bonchev–Trinajstić information content (AvgIpc) is 3.26. The standard InChI is InChI=1S/C25H21NO2S/c1-28-19-11-9-18(10-12-19)24-22-14-16-29-23(22)13-15-26(24)25(27)21-8-4-6-17-5-2-3-7-20(17)21/h2-12,14,16,24H,13,15H2,1H3. The molecule has 1 aliphatic heterocycles. The first-order valence-corrected chi connectivity index (χ1v) is 10.6. The minimum absolute atomic E-state index is 0.0811. The van der Waals surface area contributed by atoms with Crippen molar-refractivity contribution in [3.8, 4) is 5.75 Å². The lowest BCUT2D eigenvalue weighted by Crippen LogP contribution is -2.40. The molecule has 4 aromatic rings. The van der Waals surface area contributed by atoms with E-state index in [-0.39, 0.29) is 11.9 Å². The molecule has 3 aromatic carbocycles. The van der Waals surface area contributed by atoms with Crippen molar-refractivity contribution in [1.82, 2.24) is 4.90 Å². The Labute approximate surface area is 174 Å². The first kappa shape index (κ1) is 18.0. The van der Waals surface area contributed by atoms with E-state index in [1.807, 2.05) is 47.4 Å². The van der Waals surface area contributed by atoms with Gasteiger partial charge in [-0.1, -0.05) is 48.5 Å². The summed E-state index contributed by atoms with van der Waals surface area (Å²) in [6.45, 7) is 0.715. The van der Waals surface area contributed by atoms with E-state index < -0.39 is 0 Å². The van der Waals surface area contributed by atoms with E-state index >= 15 is 0 Å². The molecule has 0 saturated carbocycles. The number of hydrogen-bond donors (Lipinski definition) is 0. The van der Waals surface area contributed by atoms with Crippen molar-refractivity contribution in [3.05, 3.63) is 99.7 Å². The molecule has 5 rings (SSSR count). The number of fused-ring (bicyclic) bond motifs is 2. The second kappa shape index (κ2) is 7.37. The van der Waals surface area contributed by atoms with Gasteiger partial charge < -0.3 is 9.64 Å². The summed E-state index contributed by atoms with van der Waals surface area (Å²) in [7, 11) is 1.67. The van der Waals surface area contributed by atoms with Crippen LogP contribution in [0.2, 0.25) is 0 Å². The Bertz CT molecular complexity index is 1170. The number of nitrogens with zero attached hydrogens (tertiary/aromatic N) is 1. The van der Waals surface area contributed by atoms with E-state index in [2.05, 4.69) is 35.7 Å². The fourth-order valence-electron chi connectivity index (χ4n) is 4.25. The van der Waals surface area contributed by atoms with Gasteiger partial charge in [-0.2, -0.15) is 0 Å². The quantitative estimate of drug-likeness (QED) is 0.442. The molecule has 3 nitrogen and oxygen atoms in total. The molecule has 0 N–H and O–H groups in total. The highest BCUT2D eigenvalue weighted by atomic mass is 32.1. The Balaban J connectivity index is 1.61. The SMILES string of the molecule is COc1ccc(C2c3ccsc3CCN2C(=O)c2cccc3ccccc23)cc1. The van der Waals surface area contributed by atoms with Gasteiger partial charge in [-0.05, 0) is 58.0 Å². The third kappa shape index (κ3) is 3.10. The van der Waals surface area contributed by atoms with Gasteiger partial charge in [0.05, 0.1) is 13.2 Å². The third-order valence-electron chi connectivity index (χ3n) is 5.68. The summed E-state index contributed by atoms with van der Waals surface area (Å²) < 4.78 is 5.32. The number of thiophene rings is 1. The van der Waals surface area contributed by atoms with Crippen LogP contribution in [0.3, 0.4) is 0 Å². The number of ether oxygens (including phenoxy) is 1. The maximum Gasteiger partial charge on any atom is 0.255 e. The van der Waals surface area contributed by atoms with Crippen LogP contribution in [-0.4, -0.2) is 24.5 Å². The number of methoxy groups -OCH3 is 1. The summed E-state index contributed by atoms with van der Waals surface area (Å²) in [5.41, 5.74) is 3.11. The summed E-state index contributed by atoms with van der Waals surface area (Å²) in [4.78, 5) is 17.2. The molecule has 144 valence electrons. The van der Waals surface area contributed by atoms with Crippen LogP contribution < -0.4 is 4.74 Å². The second-order valence-corrected chi connectivity index (χ2v) is 8.25. The molecule has 1 amide bonds. The fourth-order valence-corrected chi connectivity index (χ4v) is 5.15. The number of hydrogen-bond acceptors (Lipinski definition) is 3. The number of rotatable bonds is 3. The largest absolute Gasteiger partial charge is 0.497 e. The summed E-state index contributed by atoms with van der Waals surface area (Å²) in [5.74, 6) is 0.904. The molecule has 0 fully saturated rings. The van der Waals surface area contributed by atoms with Gasteiger partial charge in [0, 0.05) is 17.0 Å². The van der Waals surface area contributed by atoms with Crippen LogP contribution in [0.4, 0.5) is 0 Å². The van der Waals surface area contributed by atoms with Gasteiger partial charge in [0.15, 0.2) is 0 Å². The number of benzene rings is 3. The molecular weight excluding hydrogens is 378 g/mol. The molecule has 0 bridgehead atoms. The van der Waals surface area contributed by atoms with Gasteiger partial charge >= 0.3 is 0 Å². The molecule has 4 heteroatoms. The summed E-state index contributed by atoms with van der Waals surface area (Å²) >= 11 is 1.78.